The van der Waals surface area contributed by atoms with Gasteiger partial charge in [-0.1, -0.05) is 86.2 Å². The maximum absolute atomic E-state index is 17.7. The summed E-state index contributed by atoms with van der Waals surface area (Å²) in [7, 11) is 0. The first-order chi connectivity index (χ1) is 44.6. The number of nitrogens with zero attached hydrogens (tertiary/aromatic N) is 1. The molecule has 9 spiro atoms. The van der Waals surface area contributed by atoms with Crippen LogP contribution in [0.4, 0.5) is 0 Å². The van der Waals surface area contributed by atoms with E-state index in [9.17, 15) is 10.2 Å². The Kier molecular flexibility index (Phi) is 10.5. The van der Waals surface area contributed by atoms with Gasteiger partial charge in [-0.15, -0.1) is 0 Å². The third-order valence-corrected chi connectivity index (χ3v) is 34.1. The molecule has 10 bridgehead atoms. The van der Waals surface area contributed by atoms with E-state index < -0.39 is 97.4 Å². The van der Waals surface area contributed by atoms with Crippen molar-refractivity contribution in [2.24, 2.45) is 127 Å². The van der Waals surface area contributed by atoms with Gasteiger partial charge in [-0.25, -0.2) is 4.79 Å². The molecule has 7 aliphatic heterocycles. The number of hydrogen-bond acceptors (Lipinski definition) is 13. The molecule has 484 valence electrons. The number of ketones is 1. The lowest BCUT2D eigenvalue weighted by Gasteiger charge is -2.75. The first kappa shape index (κ1) is 55.6. The van der Waals surface area contributed by atoms with Gasteiger partial charge in [0.05, 0.1) is 48.5 Å². The summed E-state index contributed by atoms with van der Waals surface area (Å²) in [6.45, 7) is 6.04. The molecule has 4 N–H and O–H groups in total. The zero-order valence-corrected chi connectivity index (χ0v) is 53.8. The van der Waals surface area contributed by atoms with Crippen molar-refractivity contribution in [1.82, 2.24) is 10.2 Å². The molecule has 5 saturated heterocycles. The van der Waals surface area contributed by atoms with E-state index in [-0.39, 0.29) is 83.1 Å². The molecule has 8 heterocycles. The number of furan rings is 1. The fraction of sp³-hybridized carbons (Fsp3) is 0.734. The lowest BCUT2D eigenvalue weighted by Crippen LogP contribution is -2.85. The van der Waals surface area contributed by atoms with Gasteiger partial charge in [0.1, 0.15) is 35.1 Å². The summed E-state index contributed by atoms with van der Waals surface area (Å²) in [6, 6.07) is 11.3. The number of Topliss-reactive ketones (excluding diaryl/α,β-unsaturated/α-hetero) is 1. The van der Waals surface area contributed by atoms with E-state index in [4.69, 9.17) is 23.4 Å². The number of cyclic esters (lactones) is 1. The van der Waals surface area contributed by atoms with Crippen molar-refractivity contribution in [3.8, 4) is 11.8 Å². The molecule has 0 radical (unpaired) electrons. The number of fused-ring (bicyclic) bond motifs is 9. The minimum atomic E-state index is -1.57. The van der Waals surface area contributed by atoms with Crippen molar-refractivity contribution in [2.45, 2.75) is 202 Å². The molecular weight excluding hydrogens is 1150 g/mol. The highest BCUT2D eigenvalue weighted by molar-refractivity contribution is 5.96. The average Bonchev–Trinajstić information content (AvgIpc) is 1.39. The van der Waals surface area contributed by atoms with Gasteiger partial charge >= 0.3 is 11.9 Å². The molecule has 13 nitrogen and oxygen atoms in total. The number of esters is 2. The second kappa shape index (κ2) is 17.4. The van der Waals surface area contributed by atoms with Crippen molar-refractivity contribution >= 4 is 17.7 Å². The molecule has 10 saturated carbocycles. The van der Waals surface area contributed by atoms with Crippen LogP contribution in [-0.4, -0.2) is 106 Å². The molecule has 13 heteroatoms. The van der Waals surface area contributed by atoms with Crippen LogP contribution in [0.2, 0.25) is 0 Å². The van der Waals surface area contributed by atoms with Crippen LogP contribution in [0, 0.1) is 139 Å². The van der Waals surface area contributed by atoms with Crippen LogP contribution in [0.3, 0.4) is 0 Å². The normalized spacial score (nSPS) is 55.2. The largest absolute Gasteiger partial charge is 0.469 e. The van der Waals surface area contributed by atoms with Crippen LogP contribution >= 0.6 is 0 Å². The minimum Gasteiger partial charge on any atom is -0.469 e. The van der Waals surface area contributed by atoms with Gasteiger partial charge in [0, 0.05) is 46.7 Å². The predicted molar refractivity (Wildman–Crippen MR) is 334 cm³/mol. The molecule has 13 aliphatic carbocycles. The Morgan fingerprint density at radius 1 is 0.902 bits per heavy atom. The monoisotopic (exact) mass is 1240 g/mol. The van der Waals surface area contributed by atoms with E-state index in [0.29, 0.717) is 68.1 Å². The first-order valence-corrected chi connectivity index (χ1v) is 37.1. The lowest BCUT2D eigenvalue weighted by atomic mass is 9.27. The zero-order valence-electron chi connectivity index (χ0n) is 53.8. The smallest absolute Gasteiger partial charge is 0.339 e. The fourth-order valence-corrected chi connectivity index (χ4v) is 32.5. The summed E-state index contributed by atoms with van der Waals surface area (Å²) in [6.07, 6.45) is 30.3. The zero-order chi connectivity index (χ0) is 61.5. The quantitative estimate of drug-likeness (QED) is 0.0892. The number of aliphatic hydroxyl groups excluding tert-OH is 3. The maximum atomic E-state index is 17.7. The number of hydrogen-bond donors (Lipinski definition) is 4. The highest BCUT2D eigenvalue weighted by Gasteiger charge is 3.04. The molecule has 0 unspecified atom stereocenters. The molecule has 15 fully saturated rings. The first-order valence-electron chi connectivity index (χ1n) is 37.1. The van der Waals surface area contributed by atoms with Crippen LogP contribution in [0.1, 0.15) is 158 Å². The van der Waals surface area contributed by atoms with Crippen molar-refractivity contribution in [3.05, 3.63) is 95.1 Å². The number of aryl methyl sites for hydroxylation is 1. The molecular formula is C79H92N2O11. The van der Waals surface area contributed by atoms with Crippen LogP contribution in [0.15, 0.2) is 77.1 Å². The summed E-state index contributed by atoms with van der Waals surface area (Å²) in [5.74, 6) is 7.06. The molecule has 1 aromatic carbocycles. The van der Waals surface area contributed by atoms with E-state index in [2.05, 4.69) is 96.7 Å². The SMILES string of the molecule is C[C@]12C[C@@H]3[C@@H]4[C@@]56COC(=O)[C@@]78C=C[C@@H]9C[C@H](CC%10=CC[C@](C)(O[C@]%1057)[C@H]6C(=O)[C@@H](O)[C@]45[C@H]4C[C@@H](Cc6ccccc6)CC[C@H]4C#C[C@@H]4CCc6coc(C[C@@H]([C@@H]7CC[C@H]%10[C@H](C=CN%11CNC[C@H]%10%11)C7)[C@H](O)CO)c6[C@@]41OC(=O)[C@H]1O[C@@]152)[C@]81[C@H]3CC[C@H]2C3(CCCC3)CC[C@]921. The molecule has 0 amide bonds. The standard InChI is InChI=1S/C79H92N2O11/c1-69-25-20-50-34-51-33-49-21-26-74-68(87)89-40-73(78(50,74)92-69)63-54(55-18-19-60-71(23-6-7-24-71)27-28-72(49,60)76(51,55)74)36-70(2)77-48(16-13-47-39-88-59(61(47)77)35-53(58(83)38-82)45-14-17-52-46(32-45)22-29-81-41-80-37-57(52)81)15-12-44-11-10-43(30-42-8-4-3-5-9-42)31-56(44)75(63,65(85)62(84)64(69)73)79(70)66(90-79)67(86)91-77/h3-5,8-9,20-22,26,29,39,43-46,48-49,51-58,60,63-66,80,82-83,85H,6-7,10-11,13-14,16-19,23-25,27-28,30-38,40-41H2,1-2H3/t43-,44+,45-,46-,48-,49-,51-,52+,53+,54+,55+,56+,57-,58-,60+,63-,64-,65-,66-,69+,70+,72+,73-,74-,75+,76-,77+,78-,79-/m1/s1. The number of rotatable bonds is 7. The lowest BCUT2D eigenvalue weighted by molar-refractivity contribution is -0.325. The number of carbonyl (C=O) groups excluding carboxylic acids is 3. The van der Waals surface area contributed by atoms with Crippen molar-refractivity contribution in [3.63, 3.8) is 0 Å². The fourth-order valence-electron chi connectivity index (χ4n) is 32.5. The minimum absolute atomic E-state index is 0.0167. The second-order valence-electron chi connectivity index (χ2n) is 35.6. The molecule has 1 aromatic heterocycles. The van der Waals surface area contributed by atoms with E-state index in [1.807, 2.05) is 6.26 Å². The van der Waals surface area contributed by atoms with E-state index in [1.165, 1.54) is 43.2 Å². The number of ether oxygens (including phenoxy) is 4. The van der Waals surface area contributed by atoms with Gasteiger partial charge in [-0.05, 0) is 234 Å². The van der Waals surface area contributed by atoms with Gasteiger partial charge in [-0.2, -0.15) is 0 Å². The van der Waals surface area contributed by atoms with E-state index in [0.717, 1.165) is 95.0 Å². The van der Waals surface area contributed by atoms with Crippen molar-refractivity contribution in [2.75, 3.05) is 26.4 Å². The van der Waals surface area contributed by atoms with Crippen LogP contribution in [0.25, 0.3) is 0 Å². The molecule has 92 heavy (non-hydrogen) atoms. The number of benzene rings is 1. The Bertz CT molecular complexity index is 3820. The average molecular weight is 1250 g/mol. The molecule has 29 atom stereocenters. The Balaban J connectivity index is 0.816. The highest BCUT2D eigenvalue weighted by Crippen LogP contribution is 2.98. The van der Waals surface area contributed by atoms with Crippen molar-refractivity contribution in [1.29, 1.82) is 0 Å². The highest BCUT2D eigenvalue weighted by atomic mass is 16.7. The third kappa shape index (κ3) is 5.45. The van der Waals surface area contributed by atoms with Gasteiger partial charge < -0.3 is 43.6 Å². The summed E-state index contributed by atoms with van der Waals surface area (Å²) in [5, 5.41) is 42.4. The van der Waals surface area contributed by atoms with Gasteiger partial charge in [0.2, 0.25) is 0 Å². The van der Waals surface area contributed by atoms with Crippen LogP contribution < -0.4 is 5.32 Å². The summed E-state index contributed by atoms with van der Waals surface area (Å²) in [4.78, 5) is 53.9. The van der Waals surface area contributed by atoms with Crippen LogP contribution in [0.5, 0.6) is 0 Å². The van der Waals surface area contributed by atoms with Crippen LogP contribution in [-0.2, 0) is 58.2 Å². The molecule has 20 aliphatic rings. The van der Waals surface area contributed by atoms with E-state index in [1.54, 1.807) is 0 Å². The van der Waals surface area contributed by atoms with Gasteiger partial charge in [0.25, 0.3) is 0 Å². The predicted octanol–water partition coefficient (Wildman–Crippen LogP) is 9.88. The van der Waals surface area contributed by atoms with Gasteiger partial charge in [0.15, 0.2) is 17.5 Å². The third-order valence-electron chi connectivity index (χ3n) is 34.1. The number of nitrogens with one attached hydrogen (secondary N) is 1. The summed E-state index contributed by atoms with van der Waals surface area (Å²) in [5.41, 5.74) is -6.51. The topological polar surface area (TPSA) is 181 Å². The Morgan fingerprint density at radius 3 is 2.63 bits per heavy atom. The van der Waals surface area contributed by atoms with E-state index >= 15 is 19.5 Å². The number of allylic oxidation sites excluding steroid dienone is 2. The number of epoxide rings is 1. The Morgan fingerprint density at radius 2 is 1.77 bits per heavy atom. The maximum Gasteiger partial charge on any atom is 0.339 e. The summed E-state index contributed by atoms with van der Waals surface area (Å²) >= 11 is 0. The number of carbonyl (C=O) groups is 3. The Hall–Kier alpha value is -4.55. The van der Waals surface area contributed by atoms with Gasteiger partial charge in [-0.3, -0.25) is 14.9 Å². The molecule has 2 aromatic rings. The van der Waals surface area contributed by atoms with Crippen molar-refractivity contribution < 1.29 is 53.1 Å². The number of aliphatic hydroxyl groups is 3. The Labute approximate surface area is 540 Å². The molecule has 22 rings (SSSR count). The summed E-state index contributed by atoms with van der Waals surface area (Å²) < 4.78 is 39.0. The second-order valence-corrected chi connectivity index (χ2v) is 35.6.